The second-order valence-electron chi connectivity index (χ2n) is 13.7. The lowest BCUT2D eigenvalue weighted by Gasteiger charge is -2.30. The van der Waals surface area contributed by atoms with E-state index in [4.69, 9.17) is 4.74 Å². The lowest BCUT2D eigenvalue weighted by Crippen LogP contribution is -2.17. The Bertz CT molecular complexity index is 2170. The van der Waals surface area contributed by atoms with Gasteiger partial charge in [-0.1, -0.05) is 98.3 Å². The molecule has 1 aliphatic carbocycles. The molecule has 0 saturated carbocycles. The Hall–Kier alpha value is -5.12. The Morgan fingerprint density at radius 2 is 1.29 bits per heavy atom. The molecule has 0 amide bonds. The number of ether oxygens (including phenoxy) is 1. The van der Waals surface area contributed by atoms with Gasteiger partial charge in [0.1, 0.15) is 6.61 Å². The maximum atomic E-state index is 10.00. The van der Waals surface area contributed by atoms with Gasteiger partial charge in [0, 0.05) is 16.8 Å². The molecule has 0 spiro atoms. The molecular formula is C45H43NO2. The summed E-state index contributed by atoms with van der Waals surface area (Å²) in [5.74, 6) is 0.822. The molecule has 0 bridgehead atoms. The third-order valence-electron chi connectivity index (χ3n) is 9.90. The molecule has 7 rings (SSSR count). The Balaban J connectivity index is 1.21. The first-order chi connectivity index (χ1) is 23.1. The summed E-state index contributed by atoms with van der Waals surface area (Å²) in [6, 6.07) is 41.5. The van der Waals surface area contributed by atoms with Crippen molar-refractivity contribution in [2.75, 3.05) is 4.90 Å². The number of fused-ring (bicyclic) bond motifs is 4. The smallest absolute Gasteiger partial charge is 0.113 e. The van der Waals surface area contributed by atoms with Crippen LogP contribution in [0, 0.1) is 20.8 Å². The van der Waals surface area contributed by atoms with E-state index in [1.54, 1.807) is 0 Å². The van der Waals surface area contributed by atoms with E-state index in [2.05, 4.69) is 149 Å². The lowest BCUT2D eigenvalue weighted by molar-refractivity contribution is 0.199. The minimum absolute atomic E-state index is 0.0150. The standard InChI is InChI=1S/C45H43NO2/c1-29-21-30(2)44(31(3)22-29)46(39-19-20-41-40-13-9-10-14-42(40)45(5,6)43(41)26-39)38-17-15-33(16-18-38)23-32(4)48-28-37-25-35-12-8-7-11-34(35)24-36(37)27-47/h7-26,47H,27-28H2,1-6H3/b32-23-. The van der Waals surface area contributed by atoms with Gasteiger partial charge >= 0.3 is 0 Å². The molecule has 0 radical (unpaired) electrons. The normalized spacial score (nSPS) is 13.4. The summed E-state index contributed by atoms with van der Waals surface area (Å²) in [4.78, 5) is 2.41. The van der Waals surface area contributed by atoms with Crippen LogP contribution in [0.25, 0.3) is 28.0 Å². The van der Waals surface area contributed by atoms with E-state index in [1.165, 1.54) is 44.6 Å². The fraction of sp³-hybridized carbons (Fsp3) is 0.200. The molecule has 3 heteroatoms. The van der Waals surface area contributed by atoms with Crippen LogP contribution in [0.5, 0.6) is 0 Å². The van der Waals surface area contributed by atoms with E-state index in [0.29, 0.717) is 6.61 Å². The number of aliphatic hydroxyl groups is 1. The van der Waals surface area contributed by atoms with Gasteiger partial charge in [-0.3, -0.25) is 0 Å². The first-order valence-electron chi connectivity index (χ1n) is 16.8. The summed E-state index contributed by atoms with van der Waals surface area (Å²) in [7, 11) is 0. The number of anilines is 3. The first-order valence-corrected chi connectivity index (χ1v) is 16.8. The molecule has 0 fully saturated rings. The fourth-order valence-corrected chi connectivity index (χ4v) is 7.57. The summed E-state index contributed by atoms with van der Waals surface area (Å²) < 4.78 is 6.21. The predicted molar refractivity (Wildman–Crippen MR) is 201 cm³/mol. The topological polar surface area (TPSA) is 32.7 Å². The van der Waals surface area contributed by atoms with Crippen LogP contribution in [-0.4, -0.2) is 5.11 Å². The number of aliphatic hydroxyl groups excluding tert-OH is 1. The molecule has 0 atom stereocenters. The number of hydrogen-bond donors (Lipinski definition) is 1. The monoisotopic (exact) mass is 629 g/mol. The Morgan fingerprint density at radius 1 is 0.688 bits per heavy atom. The van der Waals surface area contributed by atoms with Crippen LogP contribution in [0.15, 0.2) is 121 Å². The number of rotatable bonds is 8. The molecule has 240 valence electrons. The highest BCUT2D eigenvalue weighted by Crippen LogP contribution is 2.51. The van der Waals surface area contributed by atoms with Crippen LogP contribution in [0.4, 0.5) is 17.1 Å². The van der Waals surface area contributed by atoms with Crippen molar-refractivity contribution in [3.8, 4) is 11.1 Å². The molecule has 6 aromatic carbocycles. The van der Waals surface area contributed by atoms with Crippen LogP contribution < -0.4 is 4.90 Å². The van der Waals surface area contributed by atoms with Gasteiger partial charge in [-0.25, -0.2) is 0 Å². The Morgan fingerprint density at radius 3 is 1.98 bits per heavy atom. The highest BCUT2D eigenvalue weighted by molar-refractivity contribution is 5.87. The van der Waals surface area contributed by atoms with Crippen molar-refractivity contribution >= 4 is 33.9 Å². The number of nitrogens with zero attached hydrogens (tertiary/aromatic N) is 1. The van der Waals surface area contributed by atoms with E-state index in [1.807, 2.05) is 19.1 Å². The molecule has 0 saturated heterocycles. The zero-order valence-corrected chi connectivity index (χ0v) is 28.8. The maximum absolute atomic E-state index is 10.00. The second kappa shape index (κ2) is 12.5. The molecule has 0 aromatic heterocycles. The van der Waals surface area contributed by atoms with Crippen LogP contribution in [0.3, 0.4) is 0 Å². The Labute approximate surface area is 284 Å². The van der Waals surface area contributed by atoms with Crippen molar-refractivity contribution in [1.82, 2.24) is 0 Å². The van der Waals surface area contributed by atoms with E-state index in [9.17, 15) is 5.11 Å². The van der Waals surface area contributed by atoms with E-state index in [-0.39, 0.29) is 12.0 Å². The third-order valence-corrected chi connectivity index (χ3v) is 9.90. The van der Waals surface area contributed by atoms with Gasteiger partial charge in [-0.2, -0.15) is 0 Å². The van der Waals surface area contributed by atoms with Gasteiger partial charge in [-0.05, 0) is 131 Å². The quantitative estimate of drug-likeness (QED) is 0.170. The van der Waals surface area contributed by atoms with Gasteiger partial charge in [-0.15, -0.1) is 0 Å². The largest absolute Gasteiger partial charge is 0.494 e. The van der Waals surface area contributed by atoms with Gasteiger partial charge in [0.15, 0.2) is 0 Å². The van der Waals surface area contributed by atoms with Crippen LogP contribution in [-0.2, 0) is 23.4 Å². The summed E-state index contributed by atoms with van der Waals surface area (Å²) in [5.41, 5.74) is 15.5. The molecule has 6 aromatic rings. The molecule has 0 heterocycles. The van der Waals surface area contributed by atoms with Crippen LogP contribution in [0.2, 0.25) is 0 Å². The molecule has 48 heavy (non-hydrogen) atoms. The first kappa shape index (κ1) is 31.5. The van der Waals surface area contributed by atoms with Crippen LogP contribution in [0.1, 0.15) is 65.3 Å². The number of allylic oxidation sites excluding steroid dienone is 1. The van der Waals surface area contributed by atoms with Crippen molar-refractivity contribution in [3.63, 3.8) is 0 Å². The van der Waals surface area contributed by atoms with Gasteiger partial charge < -0.3 is 14.7 Å². The van der Waals surface area contributed by atoms with Crippen molar-refractivity contribution in [2.24, 2.45) is 0 Å². The fourth-order valence-electron chi connectivity index (χ4n) is 7.57. The molecule has 1 aliphatic rings. The highest BCUT2D eigenvalue weighted by atomic mass is 16.5. The predicted octanol–water partition coefficient (Wildman–Crippen LogP) is 11.6. The third kappa shape index (κ3) is 5.69. The number of hydrogen-bond acceptors (Lipinski definition) is 3. The van der Waals surface area contributed by atoms with Crippen molar-refractivity contribution in [3.05, 3.63) is 166 Å². The number of benzene rings is 6. The van der Waals surface area contributed by atoms with E-state index >= 15 is 0 Å². The summed E-state index contributed by atoms with van der Waals surface area (Å²) in [6.07, 6.45) is 2.07. The summed E-state index contributed by atoms with van der Waals surface area (Å²) in [5, 5.41) is 12.3. The van der Waals surface area contributed by atoms with Gasteiger partial charge in [0.2, 0.25) is 0 Å². The van der Waals surface area contributed by atoms with Crippen molar-refractivity contribution in [1.29, 1.82) is 0 Å². The van der Waals surface area contributed by atoms with E-state index < -0.39 is 0 Å². The molecule has 3 nitrogen and oxygen atoms in total. The average molecular weight is 630 g/mol. The number of aryl methyl sites for hydroxylation is 3. The zero-order valence-electron chi connectivity index (χ0n) is 28.8. The second-order valence-corrected chi connectivity index (χ2v) is 13.7. The van der Waals surface area contributed by atoms with Gasteiger partial charge in [0.25, 0.3) is 0 Å². The van der Waals surface area contributed by atoms with Crippen molar-refractivity contribution in [2.45, 2.75) is 60.2 Å². The highest BCUT2D eigenvalue weighted by Gasteiger charge is 2.35. The molecule has 1 N–H and O–H groups in total. The van der Waals surface area contributed by atoms with E-state index in [0.717, 1.165) is 44.6 Å². The van der Waals surface area contributed by atoms with Crippen LogP contribution >= 0.6 is 0 Å². The Kier molecular flexibility index (Phi) is 8.19. The SMILES string of the molecule is C/C(=C/c1ccc(N(c2ccc3c(c2)C(C)(C)c2ccccc2-3)c2c(C)cc(C)cc2C)cc1)OCc1cc2ccccc2cc1CO. The minimum Gasteiger partial charge on any atom is -0.494 e. The molecule has 0 unspecified atom stereocenters. The minimum atomic E-state index is -0.0814. The molecular weight excluding hydrogens is 587 g/mol. The maximum Gasteiger partial charge on any atom is 0.113 e. The molecule has 0 aliphatic heterocycles. The summed E-state index contributed by atoms with van der Waals surface area (Å²) >= 11 is 0. The zero-order chi connectivity index (χ0) is 33.6. The summed E-state index contributed by atoms with van der Waals surface area (Å²) in [6.45, 7) is 13.6. The van der Waals surface area contributed by atoms with Crippen molar-refractivity contribution < 1.29 is 9.84 Å². The lowest BCUT2D eigenvalue weighted by atomic mass is 9.82. The average Bonchev–Trinajstić information content (AvgIpc) is 3.31. The van der Waals surface area contributed by atoms with Gasteiger partial charge in [0.05, 0.1) is 18.1 Å².